The Kier molecular flexibility index (Phi) is 3.71. The number of halogens is 1. The van der Waals surface area contributed by atoms with Gasteiger partial charge in [-0.2, -0.15) is 0 Å². The third kappa shape index (κ3) is 2.68. The van der Waals surface area contributed by atoms with Gasteiger partial charge in [0.2, 0.25) is 0 Å². The van der Waals surface area contributed by atoms with Gasteiger partial charge in [-0.05, 0) is 20.3 Å². The average molecular weight is 309 g/mol. The van der Waals surface area contributed by atoms with Crippen LogP contribution in [0.5, 0.6) is 0 Å². The number of aromatic nitrogens is 3. The van der Waals surface area contributed by atoms with Gasteiger partial charge in [0, 0.05) is 18.7 Å². The Hall–Kier alpha value is -1.82. The molecule has 21 heavy (non-hydrogen) atoms. The highest BCUT2D eigenvalue weighted by Crippen LogP contribution is 2.31. The maximum Gasteiger partial charge on any atom is 0.313 e. The number of H-pyrrole nitrogens is 1. The van der Waals surface area contributed by atoms with Gasteiger partial charge in [-0.1, -0.05) is 11.6 Å². The molecule has 112 valence electrons. The van der Waals surface area contributed by atoms with E-state index >= 15 is 0 Å². The smallest absolute Gasteiger partial charge is 0.313 e. The summed E-state index contributed by atoms with van der Waals surface area (Å²) in [7, 11) is 0. The van der Waals surface area contributed by atoms with Crippen molar-refractivity contribution in [3.8, 4) is 0 Å². The molecule has 0 unspecified atom stereocenters. The zero-order valence-electron chi connectivity index (χ0n) is 12.0. The highest BCUT2D eigenvalue weighted by atomic mass is 35.5. The maximum absolute atomic E-state index is 11.6. The number of anilines is 1. The van der Waals surface area contributed by atoms with Crippen LogP contribution < -0.4 is 4.90 Å². The number of nitrogens with zero attached hydrogens (tertiary/aromatic N) is 3. The Morgan fingerprint density at radius 2 is 2.38 bits per heavy atom. The first-order valence-electron chi connectivity index (χ1n) is 7.06. The lowest BCUT2D eigenvalue weighted by atomic mass is 10.1. The van der Waals surface area contributed by atoms with Gasteiger partial charge in [-0.3, -0.25) is 4.79 Å². The molecule has 2 aromatic rings. The van der Waals surface area contributed by atoms with Crippen LogP contribution in [0.3, 0.4) is 0 Å². The van der Waals surface area contributed by atoms with Crippen molar-refractivity contribution in [1.29, 1.82) is 0 Å². The van der Waals surface area contributed by atoms with Crippen molar-refractivity contribution in [2.45, 2.75) is 32.7 Å². The molecule has 1 N–H and O–H groups in total. The summed E-state index contributed by atoms with van der Waals surface area (Å²) in [6, 6.07) is 2.16. The van der Waals surface area contributed by atoms with E-state index < -0.39 is 0 Å². The maximum atomic E-state index is 11.6. The van der Waals surface area contributed by atoms with Crippen LogP contribution in [0.4, 0.5) is 5.82 Å². The van der Waals surface area contributed by atoms with E-state index in [0.717, 1.165) is 29.8 Å². The number of fused-ring (bicyclic) bond motifs is 1. The van der Waals surface area contributed by atoms with Crippen LogP contribution in [0.2, 0.25) is 5.15 Å². The van der Waals surface area contributed by atoms with Crippen molar-refractivity contribution in [1.82, 2.24) is 15.0 Å². The fourth-order valence-electron chi connectivity index (χ4n) is 2.48. The lowest BCUT2D eigenvalue weighted by Gasteiger charge is -2.39. The van der Waals surface area contributed by atoms with Gasteiger partial charge in [0.05, 0.1) is 12.1 Å². The van der Waals surface area contributed by atoms with Gasteiger partial charge < -0.3 is 14.6 Å². The highest BCUT2D eigenvalue weighted by molar-refractivity contribution is 6.30. The minimum absolute atomic E-state index is 0.120. The number of ether oxygens (including phenoxy) is 1. The van der Waals surface area contributed by atoms with Gasteiger partial charge in [-0.25, -0.2) is 9.97 Å². The number of carbonyl (C=O) groups is 1. The van der Waals surface area contributed by atoms with Crippen molar-refractivity contribution in [2.24, 2.45) is 0 Å². The number of rotatable bonds is 4. The molecular formula is C14H17ClN4O2. The number of pyridine rings is 1. The molecule has 0 aliphatic carbocycles. The number of hydrogen-bond acceptors (Lipinski definition) is 5. The summed E-state index contributed by atoms with van der Waals surface area (Å²) in [6.07, 6.45) is 1.25. The Labute approximate surface area is 127 Å². The van der Waals surface area contributed by atoms with Crippen molar-refractivity contribution in [2.75, 3.05) is 18.1 Å². The SMILES string of the molecule is CCOC(=O)Cc1nc2c(N3CC[C@H]3C)nc(Cl)cc2[nH]1. The molecule has 0 aromatic carbocycles. The Bertz CT molecular complexity index is 685. The van der Waals surface area contributed by atoms with Crippen LogP contribution in [-0.4, -0.2) is 40.1 Å². The predicted molar refractivity (Wildman–Crippen MR) is 80.7 cm³/mol. The van der Waals surface area contributed by atoms with Gasteiger partial charge >= 0.3 is 5.97 Å². The standard InChI is InChI=1S/C14H17ClN4O2/c1-3-21-12(20)7-11-16-9-6-10(15)17-14(13(9)18-11)19-5-4-8(19)2/h6,8H,3-5,7H2,1-2H3,(H,16,18)/t8-/m1/s1. The van der Waals surface area contributed by atoms with E-state index in [0.29, 0.717) is 23.6 Å². The molecule has 3 rings (SSSR count). The second-order valence-electron chi connectivity index (χ2n) is 5.16. The fraction of sp³-hybridized carbons (Fsp3) is 0.500. The predicted octanol–water partition coefficient (Wildman–Crippen LogP) is 2.32. The van der Waals surface area contributed by atoms with E-state index in [1.165, 1.54) is 0 Å². The quantitative estimate of drug-likeness (QED) is 0.693. The summed E-state index contributed by atoms with van der Waals surface area (Å²) in [6.45, 7) is 5.24. The molecule has 1 aliphatic rings. The van der Waals surface area contributed by atoms with Crippen molar-refractivity contribution in [3.63, 3.8) is 0 Å². The third-order valence-electron chi connectivity index (χ3n) is 3.68. The van der Waals surface area contributed by atoms with Crippen LogP contribution in [0.15, 0.2) is 6.07 Å². The number of esters is 1. The van der Waals surface area contributed by atoms with Crippen LogP contribution >= 0.6 is 11.6 Å². The fourth-order valence-corrected chi connectivity index (χ4v) is 2.67. The highest BCUT2D eigenvalue weighted by Gasteiger charge is 2.28. The lowest BCUT2D eigenvalue weighted by molar-refractivity contribution is -0.142. The number of aromatic amines is 1. The van der Waals surface area contributed by atoms with Gasteiger partial charge in [0.1, 0.15) is 22.9 Å². The monoisotopic (exact) mass is 308 g/mol. The van der Waals surface area contributed by atoms with Crippen LogP contribution in [0.25, 0.3) is 11.0 Å². The first-order valence-corrected chi connectivity index (χ1v) is 7.43. The zero-order valence-corrected chi connectivity index (χ0v) is 12.8. The van der Waals surface area contributed by atoms with Gasteiger partial charge in [-0.15, -0.1) is 0 Å². The summed E-state index contributed by atoms with van der Waals surface area (Å²) < 4.78 is 4.94. The number of carbonyl (C=O) groups excluding carboxylic acids is 1. The van der Waals surface area contributed by atoms with Crippen LogP contribution in [-0.2, 0) is 16.0 Å². The van der Waals surface area contributed by atoms with E-state index in [-0.39, 0.29) is 12.4 Å². The molecule has 2 aromatic heterocycles. The van der Waals surface area contributed by atoms with Crippen molar-refractivity contribution < 1.29 is 9.53 Å². The molecule has 1 saturated heterocycles. The second-order valence-corrected chi connectivity index (χ2v) is 5.55. The first-order chi connectivity index (χ1) is 10.1. The van der Waals surface area contributed by atoms with Gasteiger partial charge in [0.15, 0.2) is 5.82 Å². The molecule has 1 fully saturated rings. The molecule has 0 radical (unpaired) electrons. The Balaban J connectivity index is 1.96. The minimum atomic E-state index is -0.297. The molecule has 3 heterocycles. The van der Waals surface area contributed by atoms with E-state index in [4.69, 9.17) is 16.3 Å². The molecule has 0 spiro atoms. The summed E-state index contributed by atoms with van der Waals surface area (Å²) in [5.74, 6) is 1.05. The minimum Gasteiger partial charge on any atom is -0.466 e. The normalized spacial score (nSPS) is 17.9. The van der Waals surface area contributed by atoms with E-state index in [2.05, 4.69) is 26.8 Å². The average Bonchev–Trinajstić information content (AvgIpc) is 2.79. The Morgan fingerprint density at radius 1 is 1.57 bits per heavy atom. The first kappa shape index (κ1) is 14.1. The van der Waals surface area contributed by atoms with Gasteiger partial charge in [0.25, 0.3) is 0 Å². The van der Waals surface area contributed by atoms with Crippen molar-refractivity contribution in [3.05, 3.63) is 17.0 Å². The van der Waals surface area contributed by atoms with E-state index in [9.17, 15) is 4.79 Å². The molecule has 1 aliphatic heterocycles. The lowest BCUT2D eigenvalue weighted by Crippen LogP contribution is -2.46. The molecule has 6 nitrogen and oxygen atoms in total. The molecule has 1 atom stereocenters. The molecule has 7 heteroatoms. The van der Waals surface area contributed by atoms with Crippen molar-refractivity contribution >= 4 is 34.4 Å². The van der Waals surface area contributed by atoms with E-state index in [1.807, 2.05) is 0 Å². The number of nitrogens with one attached hydrogen (secondary N) is 1. The second kappa shape index (κ2) is 5.52. The molecule has 0 saturated carbocycles. The number of imidazole rings is 1. The molecule has 0 amide bonds. The Morgan fingerprint density at radius 3 is 3.00 bits per heavy atom. The zero-order chi connectivity index (χ0) is 15.0. The molecular weight excluding hydrogens is 292 g/mol. The van der Waals surface area contributed by atoms with E-state index in [1.54, 1.807) is 13.0 Å². The van der Waals surface area contributed by atoms with Crippen LogP contribution in [0.1, 0.15) is 26.1 Å². The summed E-state index contributed by atoms with van der Waals surface area (Å²) in [5, 5.41) is 0.419. The third-order valence-corrected chi connectivity index (χ3v) is 3.87. The van der Waals surface area contributed by atoms with Crippen LogP contribution in [0, 0.1) is 0 Å². The summed E-state index contributed by atoms with van der Waals surface area (Å²) >= 11 is 6.08. The number of hydrogen-bond donors (Lipinski definition) is 1. The molecule has 0 bridgehead atoms. The largest absolute Gasteiger partial charge is 0.466 e. The topological polar surface area (TPSA) is 71.1 Å². The summed E-state index contributed by atoms with van der Waals surface area (Å²) in [4.78, 5) is 25.7. The summed E-state index contributed by atoms with van der Waals surface area (Å²) in [5.41, 5.74) is 1.55.